The van der Waals surface area contributed by atoms with E-state index in [1.165, 1.54) is 32.0 Å². The Morgan fingerprint density at radius 3 is 2.29 bits per heavy atom. The van der Waals surface area contributed by atoms with E-state index < -0.39 is 27.2 Å². The van der Waals surface area contributed by atoms with Gasteiger partial charge in [-0.2, -0.15) is 9.97 Å². The normalized spacial score (nSPS) is 17.4. The van der Waals surface area contributed by atoms with E-state index in [9.17, 15) is 12.8 Å². The molecule has 0 saturated carbocycles. The van der Waals surface area contributed by atoms with Gasteiger partial charge >= 0.3 is 0 Å². The number of methoxy groups -OCH3 is 2. The van der Waals surface area contributed by atoms with Crippen molar-refractivity contribution >= 4 is 16.0 Å². The minimum Gasteiger partial charge on any atom is -0.479 e. The third-order valence-electron chi connectivity index (χ3n) is 5.81. The molecule has 4 rings (SSSR count). The quantitative estimate of drug-likeness (QED) is 0.367. The molecule has 1 N–H and O–H groups in total. The van der Waals surface area contributed by atoms with Gasteiger partial charge in [-0.25, -0.2) is 22.8 Å². The number of nitrogens with one attached hydrogen (secondary N) is 1. The van der Waals surface area contributed by atoms with E-state index in [1.54, 1.807) is 13.8 Å². The summed E-state index contributed by atoms with van der Waals surface area (Å²) in [5, 5.41) is 7.18. The zero-order valence-electron chi connectivity index (χ0n) is 21.5. The molecule has 1 aliphatic heterocycles. The summed E-state index contributed by atoms with van der Waals surface area (Å²) < 4.78 is 67.0. The monoisotopic (exact) mass is 552 g/mol. The number of rotatable bonds is 11. The highest BCUT2D eigenvalue weighted by Gasteiger charge is 2.37. The molecule has 3 atom stereocenters. The Kier molecular flexibility index (Phi) is 8.32. The van der Waals surface area contributed by atoms with Crippen LogP contribution in [0.1, 0.15) is 50.9 Å². The van der Waals surface area contributed by atoms with E-state index in [-0.39, 0.29) is 41.2 Å². The zero-order chi connectivity index (χ0) is 27.4. The van der Waals surface area contributed by atoms with Crippen molar-refractivity contribution in [2.45, 2.75) is 50.6 Å². The maximum atomic E-state index is 13.7. The zero-order valence-corrected chi connectivity index (χ0v) is 22.3. The average molecular weight is 553 g/mol. The largest absolute Gasteiger partial charge is 0.479 e. The molecular formula is C22H29FN8O6S. The lowest BCUT2D eigenvalue weighted by molar-refractivity contribution is 0.00144. The van der Waals surface area contributed by atoms with E-state index in [2.05, 4.69) is 34.9 Å². The number of sulfonamides is 1. The predicted octanol–water partition coefficient (Wildman–Crippen LogP) is 1.80. The molecule has 3 aromatic heterocycles. The fraction of sp³-hybridized carbons (Fsp3) is 0.545. The van der Waals surface area contributed by atoms with Crippen LogP contribution in [0.4, 0.5) is 10.3 Å². The van der Waals surface area contributed by atoms with Crippen molar-refractivity contribution in [2.75, 3.05) is 32.2 Å². The molecule has 0 amide bonds. The molecule has 0 bridgehead atoms. The molecule has 0 aromatic carbocycles. The SMILES string of the molecule is COc1ncnc(OC)c1-n1c(NS(=O)(=O)[C@@H](C)[C@@H](OC(C)C)c2ncc(F)cn2)nnc1[C@@H]1CCOC1. The van der Waals surface area contributed by atoms with Gasteiger partial charge < -0.3 is 18.9 Å². The molecule has 38 heavy (non-hydrogen) atoms. The first-order chi connectivity index (χ1) is 18.2. The molecule has 4 heterocycles. The molecule has 14 nitrogen and oxygen atoms in total. The van der Waals surface area contributed by atoms with Gasteiger partial charge in [-0.1, -0.05) is 0 Å². The first kappa shape index (κ1) is 27.5. The molecule has 0 aliphatic carbocycles. The van der Waals surface area contributed by atoms with Crippen molar-refractivity contribution in [2.24, 2.45) is 0 Å². The van der Waals surface area contributed by atoms with Crippen LogP contribution in [-0.4, -0.2) is 81.9 Å². The first-order valence-corrected chi connectivity index (χ1v) is 13.3. The summed E-state index contributed by atoms with van der Waals surface area (Å²) in [6, 6.07) is 0. The Morgan fingerprint density at radius 2 is 1.74 bits per heavy atom. The molecule has 0 radical (unpaired) electrons. The lowest BCUT2D eigenvalue weighted by Crippen LogP contribution is -2.35. The molecule has 0 spiro atoms. The maximum Gasteiger partial charge on any atom is 0.245 e. The van der Waals surface area contributed by atoms with E-state index in [0.29, 0.717) is 25.5 Å². The van der Waals surface area contributed by atoms with E-state index in [4.69, 9.17) is 18.9 Å². The summed E-state index contributed by atoms with van der Waals surface area (Å²) in [6.45, 7) is 5.79. The van der Waals surface area contributed by atoms with Gasteiger partial charge in [-0.05, 0) is 27.2 Å². The Bertz CT molecular complexity index is 1330. The van der Waals surface area contributed by atoms with E-state index in [1.807, 2.05) is 0 Å². The van der Waals surface area contributed by atoms with Crippen molar-refractivity contribution in [3.05, 3.63) is 36.2 Å². The fourth-order valence-electron chi connectivity index (χ4n) is 3.95. The topological polar surface area (TPSA) is 165 Å². The van der Waals surface area contributed by atoms with Gasteiger partial charge in [-0.15, -0.1) is 10.2 Å². The van der Waals surface area contributed by atoms with Gasteiger partial charge in [0.25, 0.3) is 0 Å². The van der Waals surface area contributed by atoms with Crippen LogP contribution in [0.15, 0.2) is 18.7 Å². The van der Waals surface area contributed by atoms with Crippen LogP contribution < -0.4 is 14.2 Å². The molecule has 206 valence electrons. The lowest BCUT2D eigenvalue weighted by Gasteiger charge is -2.25. The van der Waals surface area contributed by atoms with Crippen molar-refractivity contribution < 1.29 is 31.8 Å². The van der Waals surface area contributed by atoms with Crippen molar-refractivity contribution in [1.29, 1.82) is 0 Å². The van der Waals surface area contributed by atoms with Crippen LogP contribution >= 0.6 is 0 Å². The number of ether oxygens (including phenoxy) is 4. The summed E-state index contributed by atoms with van der Waals surface area (Å²) in [5.74, 6) is -0.322. The Labute approximate surface area is 219 Å². The van der Waals surface area contributed by atoms with Crippen LogP contribution in [0.2, 0.25) is 0 Å². The van der Waals surface area contributed by atoms with Crippen molar-refractivity contribution in [3.8, 4) is 17.4 Å². The Hall–Kier alpha value is -3.50. The summed E-state index contributed by atoms with van der Waals surface area (Å²) in [5.41, 5.74) is 0.214. The van der Waals surface area contributed by atoms with Gasteiger partial charge in [0.15, 0.2) is 17.3 Å². The Balaban J connectivity index is 1.78. The van der Waals surface area contributed by atoms with E-state index >= 15 is 0 Å². The molecule has 3 aromatic rings. The van der Waals surface area contributed by atoms with Gasteiger partial charge in [0, 0.05) is 12.5 Å². The number of halogens is 1. The molecule has 1 aliphatic rings. The van der Waals surface area contributed by atoms with E-state index in [0.717, 1.165) is 12.4 Å². The second-order valence-electron chi connectivity index (χ2n) is 8.74. The fourth-order valence-corrected chi connectivity index (χ4v) is 5.03. The predicted molar refractivity (Wildman–Crippen MR) is 131 cm³/mol. The minimum absolute atomic E-state index is 0.0167. The molecule has 1 saturated heterocycles. The second kappa shape index (κ2) is 11.5. The summed E-state index contributed by atoms with van der Waals surface area (Å²) in [6.07, 6.45) is 2.31. The Morgan fingerprint density at radius 1 is 1.08 bits per heavy atom. The minimum atomic E-state index is -4.22. The highest BCUT2D eigenvalue weighted by atomic mass is 32.2. The van der Waals surface area contributed by atoms with Crippen LogP contribution in [0.5, 0.6) is 11.8 Å². The highest BCUT2D eigenvalue weighted by Crippen LogP contribution is 2.36. The third-order valence-corrected chi connectivity index (χ3v) is 7.50. The smallest absolute Gasteiger partial charge is 0.245 e. The standard InChI is InChI=1S/C22H29FN8O6S/c1-12(2)37-17(18-24-8-15(23)9-25-18)13(3)38(32,33)30-22-29-28-19(14-6-7-36-10-14)31(22)16-20(34-4)26-11-27-21(16)35-5/h8-9,11-14,17H,6-7,10H2,1-5H3,(H,29,30)/t13-,14+,17+/m0/s1. The molecule has 16 heteroatoms. The number of hydrogen-bond donors (Lipinski definition) is 1. The molecule has 0 unspecified atom stereocenters. The maximum absolute atomic E-state index is 13.7. The number of anilines is 1. The lowest BCUT2D eigenvalue weighted by atomic mass is 10.1. The van der Waals surface area contributed by atoms with Crippen molar-refractivity contribution in [1.82, 2.24) is 34.7 Å². The summed E-state index contributed by atoms with van der Waals surface area (Å²) in [7, 11) is -1.40. The third kappa shape index (κ3) is 5.66. The highest BCUT2D eigenvalue weighted by molar-refractivity contribution is 7.93. The molecular weight excluding hydrogens is 523 g/mol. The summed E-state index contributed by atoms with van der Waals surface area (Å²) >= 11 is 0. The van der Waals surface area contributed by atoms with Gasteiger partial charge in [0.05, 0.1) is 39.3 Å². The van der Waals surface area contributed by atoms with Gasteiger partial charge in [-0.3, -0.25) is 9.29 Å². The molecule has 1 fully saturated rings. The average Bonchev–Trinajstić information content (AvgIpc) is 3.56. The first-order valence-electron chi connectivity index (χ1n) is 11.8. The number of aromatic nitrogens is 7. The summed E-state index contributed by atoms with van der Waals surface area (Å²) in [4.78, 5) is 16.2. The van der Waals surface area contributed by atoms with Crippen LogP contribution in [0.25, 0.3) is 5.69 Å². The van der Waals surface area contributed by atoms with Gasteiger partial charge in [0.1, 0.15) is 23.5 Å². The van der Waals surface area contributed by atoms with Crippen LogP contribution in [0.3, 0.4) is 0 Å². The van der Waals surface area contributed by atoms with Crippen LogP contribution in [0, 0.1) is 5.82 Å². The number of nitrogens with zero attached hydrogens (tertiary/aromatic N) is 7. The van der Waals surface area contributed by atoms with Crippen molar-refractivity contribution in [3.63, 3.8) is 0 Å². The number of hydrogen-bond acceptors (Lipinski definition) is 12. The second-order valence-corrected chi connectivity index (χ2v) is 10.8. The van der Waals surface area contributed by atoms with Crippen LogP contribution in [-0.2, 0) is 19.5 Å². The van der Waals surface area contributed by atoms with Gasteiger partial charge in [0.2, 0.25) is 27.7 Å².